The molecule has 11 atom stereocenters. The van der Waals surface area contributed by atoms with Gasteiger partial charge in [0.1, 0.15) is 86.0 Å². The van der Waals surface area contributed by atoms with E-state index in [4.69, 9.17) is 48.0 Å². The van der Waals surface area contributed by atoms with Gasteiger partial charge in [-0.2, -0.15) is 0 Å². The number of hydrogen-bond donors (Lipinski definition) is 11. The lowest BCUT2D eigenvalue weighted by molar-refractivity contribution is -0.200. The van der Waals surface area contributed by atoms with Crippen LogP contribution in [-0.4, -0.2) is 197 Å². The van der Waals surface area contributed by atoms with Crippen molar-refractivity contribution in [3.8, 4) is 5.75 Å². The Morgan fingerprint density at radius 1 is 0.412 bits per heavy atom. The SMILES string of the molecule is CC(C)C[C@H](NC(=O)[C@H](CCCNC(=O)OCc1ccccc1)NC(=O)[C@@H](NC(=O)[C@@H](Cc1ccc(OCc2c(Cl)cccc2Cl)cc1)NC(=O)[C@@H](Cc1ccccc1)NC(=O)[C@@H]1CCCN1C(=O)[C@H](CC(C)C)NC(=O)[C@H](CCCNC(=O)OCc1ccccc1)NC(=O)[C@@H](N)C(C)C)C(C)C)C(=O)N[C@H](Cc1ccccc1)C(=O)N1CCC[C@H]1C(=O)ON1C(=O)CCC1=O. The van der Waals surface area contributed by atoms with Crippen molar-refractivity contribution in [2.75, 3.05) is 26.2 Å². The van der Waals surface area contributed by atoms with Gasteiger partial charge in [0.2, 0.25) is 59.1 Å². The maximum Gasteiger partial charge on any atom is 0.407 e. The fourth-order valence-electron chi connectivity index (χ4n) is 15.3. The molecule has 12 N–H and O–H groups in total. The summed E-state index contributed by atoms with van der Waals surface area (Å²) in [5.74, 6) is -11.4. The monoisotopic (exact) mass is 1840 g/mol. The third kappa shape index (κ3) is 32.0. The molecule has 35 heteroatoms. The Morgan fingerprint density at radius 3 is 1.31 bits per heavy atom. The van der Waals surface area contributed by atoms with Crippen LogP contribution in [0.3, 0.4) is 0 Å². The predicted octanol–water partition coefficient (Wildman–Crippen LogP) is 8.21. The van der Waals surface area contributed by atoms with Crippen LogP contribution in [0.2, 0.25) is 10.0 Å². The number of amides is 14. The molecule has 3 saturated heterocycles. The first-order chi connectivity index (χ1) is 62.7. The number of hydrogen-bond acceptors (Lipinski definition) is 20. The van der Waals surface area contributed by atoms with E-state index in [0.717, 1.165) is 5.56 Å². The first kappa shape index (κ1) is 102. The Bertz CT molecular complexity index is 4850. The molecule has 0 radical (unpaired) electrons. The van der Waals surface area contributed by atoms with Gasteiger partial charge in [-0.1, -0.05) is 218 Å². The third-order valence-electron chi connectivity index (χ3n) is 22.6. The van der Waals surface area contributed by atoms with Gasteiger partial charge >= 0.3 is 18.2 Å². The Morgan fingerprint density at radius 2 is 0.809 bits per heavy atom. The lowest BCUT2D eigenvalue weighted by atomic mass is 9.98. The molecule has 9 rings (SSSR count). The molecular formula is C96H122Cl2N14O19. The van der Waals surface area contributed by atoms with Crippen LogP contribution in [0.1, 0.15) is 166 Å². The fraction of sp³-hybridized carbons (Fsp3) is 0.469. The van der Waals surface area contributed by atoms with Crippen LogP contribution in [0.5, 0.6) is 5.75 Å². The minimum absolute atomic E-state index is 0.00182. The van der Waals surface area contributed by atoms with Crippen molar-refractivity contribution in [2.24, 2.45) is 29.4 Å². The summed E-state index contributed by atoms with van der Waals surface area (Å²) in [6.07, 6.45) is -1.30. The molecule has 704 valence electrons. The zero-order valence-electron chi connectivity index (χ0n) is 75.2. The van der Waals surface area contributed by atoms with Gasteiger partial charge in [0.15, 0.2) is 0 Å². The van der Waals surface area contributed by atoms with Crippen LogP contribution >= 0.6 is 23.2 Å². The molecule has 0 saturated carbocycles. The van der Waals surface area contributed by atoms with E-state index in [1.54, 1.807) is 181 Å². The third-order valence-corrected chi connectivity index (χ3v) is 23.3. The first-order valence-electron chi connectivity index (χ1n) is 44.7. The number of carbonyl (C=O) groups excluding carboxylic acids is 15. The van der Waals surface area contributed by atoms with Crippen LogP contribution < -0.4 is 63.6 Å². The summed E-state index contributed by atoms with van der Waals surface area (Å²) in [5.41, 5.74) is 9.94. The van der Waals surface area contributed by atoms with Gasteiger partial charge in [-0.25, -0.2) is 14.4 Å². The van der Waals surface area contributed by atoms with Gasteiger partial charge in [0.05, 0.1) is 6.04 Å². The smallest absolute Gasteiger partial charge is 0.407 e. The van der Waals surface area contributed by atoms with Crippen molar-refractivity contribution in [3.05, 3.63) is 207 Å². The number of imide groups is 1. The predicted molar refractivity (Wildman–Crippen MR) is 488 cm³/mol. The van der Waals surface area contributed by atoms with Crippen LogP contribution in [0.15, 0.2) is 164 Å². The molecule has 33 nitrogen and oxygen atoms in total. The van der Waals surface area contributed by atoms with E-state index in [1.165, 1.54) is 9.80 Å². The molecule has 3 aliphatic heterocycles. The second kappa shape index (κ2) is 51.2. The number of hydroxylamine groups is 2. The summed E-state index contributed by atoms with van der Waals surface area (Å²) in [7, 11) is 0. The van der Waals surface area contributed by atoms with E-state index >= 15 is 33.6 Å². The maximum absolute atomic E-state index is 15.6. The number of benzene rings is 6. The van der Waals surface area contributed by atoms with E-state index in [0.29, 0.717) is 61.5 Å². The summed E-state index contributed by atoms with van der Waals surface area (Å²) in [6.45, 7) is 14.1. The molecule has 0 spiro atoms. The highest BCUT2D eigenvalue weighted by atomic mass is 35.5. The van der Waals surface area contributed by atoms with E-state index in [1.807, 2.05) is 38.1 Å². The number of nitrogens with two attached hydrogens (primary N) is 1. The summed E-state index contributed by atoms with van der Waals surface area (Å²) in [6, 6.07) is 32.3. The van der Waals surface area contributed by atoms with Crippen molar-refractivity contribution in [1.29, 1.82) is 0 Å². The number of carbonyl (C=O) groups is 15. The summed E-state index contributed by atoms with van der Waals surface area (Å²) in [4.78, 5) is 223. The molecule has 3 aliphatic rings. The molecular weight excluding hydrogens is 1720 g/mol. The molecule has 0 unspecified atom stereocenters. The van der Waals surface area contributed by atoms with E-state index in [-0.39, 0.29) is 147 Å². The van der Waals surface area contributed by atoms with Crippen LogP contribution in [0.25, 0.3) is 0 Å². The minimum Gasteiger partial charge on any atom is -0.489 e. The Kier molecular flexibility index (Phi) is 40.0. The normalized spacial score (nSPS) is 16.3. The zero-order valence-corrected chi connectivity index (χ0v) is 76.7. The topological polar surface area (TPSA) is 449 Å². The van der Waals surface area contributed by atoms with E-state index in [2.05, 4.69) is 53.2 Å². The quantitative estimate of drug-likeness (QED) is 0.0127. The van der Waals surface area contributed by atoms with Gasteiger partial charge in [0.25, 0.3) is 11.8 Å². The molecule has 0 aliphatic carbocycles. The fourth-order valence-corrected chi connectivity index (χ4v) is 15.8. The van der Waals surface area contributed by atoms with Crippen molar-refractivity contribution >= 4 is 112 Å². The van der Waals surface area contributed by atoms with Crippen molar-refractivity contribution < 1.29 is 91.0 Å². The van der Waals surface area contributed by atoms with Gasteiger partial charge < -0.3 is 87.7 Å². The number of nitrogens with zero attached hydrogens (tertiary/aromatic N) is 3. The van der Waals surface area contributed by atoms with Gasteiger partial charge in [-0.3, -0.25) is 57.5 Å². The summed E-state index contributed by atoms with van der Waals surface area (Å²) < 4.78 is 16.9. The number of rotatable bonds is 47. The van der Waals surface area contributed by atoms with Gasteiger partial charge in [-0.05, 0) is 140 Å². The van der Waals surface area contributed by atoms with Crippen LogP contribution in [0.4, 0.5) is 9.59 Å². The van der Waals surface area contributed by atoms with Crippen molar-refractivity contribution in [1.82, 2.24) is 68.0 Å². The van der Waals surface area contributed by atoms with Crippen molar-refractivity contribution in [2.45, 2.75) is 238 Å². The van der Waals surface area contributed by atoms with Crippen LogP contribution in [-0.2, 0) is 116 Å². The highest BCUT2D eigenvalue weighted by Crippen LogP contribution is 2.29. The minimum atomic E-state index is -1.56. The van der Waals surface area contributed by atoms with Gasteiger partial charge in [0, 0.05) is 73.9 Å². The highest BCUT2D eigenvalue weighted by molar-refractivity contribution is 6.36. The molecule has 6 aromatic carbocycles. The number of halogens is 2. The highest BCUT2D eigenvalue weighted by Gasteiger charge is 2.45. The zero-order chi connectivity index (χ0) is 94.8. The average molecular weight is 1850 g/mol. The molecule has 14 amide bonds. The van der Waals surface area contributed by atoms with Crippen molar-refractivity contribution in [3.63, 3.8) is 0 Å². The van der Waals surface area contributed by atoms with Gasteiger partial charge in [-0.15, -0.1) is 5.06 Å². The molecule has 6 aromatic rings. The number of alkyl carbamates (subject to hydrolysis) is 2. The second-order valence-electron chi connectivity index (χ2n) is 34.5. The van der Waals surface area contributed by atoms with Crippen LogP contribution in [0, 0.1) is 23.7 Å². The number of nitrogens with one attached hydrogen (secondary N) is 10. The molecule has 3 heterocycles. The molecule has 3 fully saturated rings. The maximum atomic E-state index is 15.6. The summed E-state index contributed by atoms with van der Waals surface area (Å²) >= 11 is 13.0. The standard InChI is InChI=1S/C96H122Cl2N14O19/c1-58(2)50-73(86(117)108-77(54-63-28-15-10-16-29-63)93(124)111-49-25-39-79(111)94(125)131-112-80(113)44-45-81(112)114)104-84(115)72(37-23-47-101-96(127)130-56-66-32-19-12-20-33-66)103-91(122)83(61(7)8)109-88(119)75(53-64-40-42-67(43-41-64)128-57-68-69(97)34-21-35-70(68)98)105-87(118)74(52-62-26-13-9-14-27-62)106-89(120)78-38-24-48-110(78)92(123)76(51-59(3)4)107-85(116)71(102-90(121)82(99)60(5)6)36-22-46-100-95(126)129-55-65-30-17-11-18-31-65/h9-21,26-35,40-43,58-61,71-79,82-83H,22-25,36-39,44-57,99H2,1-8H3,(H,100,126)(H,101,127)(H,102,121)(H,103,122)(H,104,115)(H,105,118)(H,106,120)(H,107,116)(H,108,117)(H,109,119)/t71-,72-,73-,74+,75+,76-,77+,78-,79-,82-,83-/m0/s1. The molecule has 0 aromatic heterocycles. The lowest BCUT2D eigenvalue weighted by Gasteiger charge is -2.32. The average Bonchev–Trinajstić information content (AvgIpc) is 1.71. The second-order valence-corrected chi connectivity index (χ2v) is 35.4. The Hall–Kier alpha value is -12.5. The van der Waals surface area contributed by atoms with E-state index in [9.17, 15) is 38.4 Å². The number of likely N-dealkylation sites (tertiary alicyclic amines) is 2. The Labute approximate surface area is 773 Å². The lowest BCUT2D eigenvalue weighted by Crippen LogP contribution is -2.61. The summed E-state index contributed by atoms with van der Waals surface area (Å²) in [5, 5.41) is 29.2. The Balaban J connectivity index is 0.965. The largest absolute Gasteiger partial charge is 0.489 e. The molecule has 0 bridgehead atoms. The van der Waals surface area contributed by atoms with E-state index < -0.39 is 161 Å². The molecule has 131 heavy (non-hydrogen) atoms. The first-order valence-corrected chi connectivity index (χ1v) is 45.4. The number of ether oxygens (including phenoxy) is 3.